The molecular weight excluding hydrogens is 1360 g/mol. The van der Waals surface area contributed by atoms with Crippen LogP contribution in [0.25, 0.3) is 0 Å². The number of aliphatic carboxylic acids is 2. The number of amides is 15. The van der Waals surface area contributed by atoms with Crippen LogP contribution in [0.5, 0.6) is 0 Å². The van der Waals surface area contributed by atoms with Crippen LogP contribution in [0.15, 0.2) is 12.5 Å². The minimum Gasteiger partial charge on any atom is -0.481 e. The first-order valence-corrected chi connectivity index (χ1v) is 33.5. The molecule has 1 aromatic rings. The Balaban J connectivity index is 3.46. The Morgan fingerprint density at radius 2 is 0.889 bits per heavy atom. The number of hydrogen-bond donors (Lipinski definition) is 23. The van der Waals surface area contributed by atoms with Crippen molar-refractivity contribution < 1.29 is 91.7 Å². The van der Waals surface area contributed by atoms with Gasteiger partial charge < -0.3 is 108 Å². The lowest BCUT2D eigenvalue weighted by Gasteiger charge is -2.30. The molecule has 0 saturated carbocycles. The van der Waals surface area contributed by atoms with Gasteiger partial charge in [0.2, 0.25) is 88.6 Å². The smallest absolute Gasteiger partial charge is 0.327 e. The van der Waals surface area contributed by atoms with Gasteiger partial charge in [-0.2, -0.15) is 37.9 Å². The van der Waals surface area contributed by atoms with E-state index in [2.05, 4.69) is 112 Å². The third-order valence-electron chi connectivity index (χ3n) is 15.0. The molecular formula is C58H97N19O19S3. The Hall–Kier alpha value is -8.83. The maximum Gasteiger partial charge on any atom is 0.327 e. The largest absolute Gasteiger partial charge is 0.481 e. The van der Waals surface area contributed by atoms with Crippen molar-refractivity contribution in [1.82, 2.24) is 73.8 Å². The van der Waals surface area contributed by atoms with E-state index in [-0.39, 0.29) is 62.3 Å². The van der Waals surface area contributed by atoms with Crippen molar-refractivity contribution in [2.45, 2.75) is 191 Å². The number of carbonyl (C=O) groups excluding carboxylic acids is 15. The Kier molecular flexibility index (Phi) is 40.7. The third-order valence-corrected chi connectivity index (χ3v) is 16.1. The fourth-order valence-corrected chi connectivity index (χ4v) is 9.80. The van der Waals surface area contributed by atoms with Gasteiger partial charge in [-0.3, -0.25) is 76.7 Å². The molecule has 1 heterocycles. The summed E-state index contributed by atoms with van der Waals surface area (Å²) in [5.41, 5.74) is 27.6. The molecule has 0 saturated heterocycles. The monoisotopic (exact) mass is 1460 g/mol. The Bertz CT molecular complexity index is 2970. The number of hydrogen-bond acceptors (Lipinski definition) is 23. The zero-order chi connectivity index (χ0) is 75.4. The number of imidazole rings is 1. The lowest BCUT2D eigenvalue weighted by molar-refractivity contribution is -0.142. The fraction of sp³-hybridized carbons (Fsp3) is 0.655. The highest BCUT2D eigenvalue weighted by Crippen LogP contribution is 2.14. The number of aromatic amines is 1. The highest BCUT2D eigenvalue weighted by Gasteiger charge is 2.38. The molecule has 99 heavy (non-hydrogen) atoms. The number of nitrogens with one attached hydrogen (secondary N) is 13. The topological polar surface area (TPSA) is 634 Å². The van der Waals surface area contributed by atoms with Crippen molar-refractivity contribution in [1.29, 1.82) is 0 Å². The van der Waals surface area contributed by atoms with Crippen LogP contribution in [0.1, 0.15) is 118 Å². The third kappa shape index (κ3) is 33.1. The number of carbonyl (C=O) groups is 17. The summed E-state index contributed by atoms with van der Waals surface area (Å²) in [4.78, 5) is 230. The van der Waals surface area contributed by atoms with E-state index in [9.17, 15) is 91.7 Å². The van der Waals surface area contributed by atoms with Crippen LogP contribution in [0.2, 0.25) is 0 Å². The number of nitrogens with zero attached hydrogens (tertiary/aromatic N) is 1. The average molecular weight is 1460 g/mol. The van der Waals surface area contributed by atoms with Gasteiger partial charge in [0.15, 0.2) is 0 Å². The van der Waals surface area contributed by atoms with E-state index >= 15 is 0 Å². The average Bonchev–Trinajstić information content (AvgIpc) is 1.49. The summed E-state index contributed by atoms with van der Waals surface area (Å²) < 4.78 is 0. The van der Waals surface area contributed by atoms with Crippen LogP contribution in [0.4, 0.5) is 0 Å². The zero-order valence-electron chi connectivity index (χ0n) is 55.8. The van der Waals surface area contributed by atoms with Crippen molar-refractivity contribution >= 4 is 138 Å². The zero-order valence-corrected chi connectivity index (χ0v) is 58.5. The molecule has 41 heteroatoms. The predicted octanol–water partition coefficient (Wildman–Crippen LogP) is -7.64. The first kappa shape index (κ1) is 88.2. The molecule has 1 aromatic heterocycles. The SMILES string of the molecule is CC[C@H](C)[C@H](NC(=O)[C@H](CS)NC(=O)[C@H](CCCCN)NC(=O)[C@H](CCC(N)=O)NC(=O)[C@@H](NC(=O)[C@@H](NC(=O)[C@H](Cc1c[nH]cn1)NC(=O)[C@H](CS)NC(=O)CNC(=O)[C@H](CC(N)=O)NC(=O)[C@@H](N)CCC(N)=O)C(C)C)C(C)C)C(=O)N[C@@H](CCC(=O)O)C(=O)N[C@@H](CS)C(=O)O. The normalized spacial score (nSPS) is 15.0. The van der Waals surface area contributed by atoms with Crippen molar-refractivity contribution in [3.63, 3.8) is 0 Å². The number of carboxylic acid groups (broad SMARTS) is 2. The number of carboxylic acids is 2. The van der Waals surface area contributed by atoms with Gasteiger partial charge in [-0.15, -0.1) is 0 Å². The van der Waals surface area contributed by atoms with Gasteiger partial charge in [0.05, 0.1) is 31.0 Å². The summed E-state index contributed by atoms with van der Waals surface area (Å²) in [6.45, 7) is 8.73. The Morgan fingerprint density at radius 1 is 0.475 bits per heavy atom. The van der Waals surface area contributed by atoms with Gasteiger partial charge >= 0.3 is 11.9 Å². The molecule has 25 N–H and O–H groups in total. The van der Waals surface area contributed by atoms with E-state index in [4.69, 9.17) is 28.7 Å². The number of thiol groups is 3. The van der Waals surface area contributed by atoms with Crippen molar-refractivity contribution in [2.24, 2.45) is 46.4 Å². The molecule has 0 aliphatic carbocycles. The number of unbranched alkanes of at least 4 members (excludes halogenated alkanes) is 1. The maximum absolute atomic E-state index is 14.3. The van der Waals surface area contributed by atoms with Crippen LogP contribution in [-0.2, 0) is 87.9 Å². The van der Waals surface area contributed by atoms with E-state index in [0.29, 0.717) is 6.42 Å². The number of aromatic nitrogens is 2. The second kappa shape index (κ2) is 45.7. The van der Waals surface area contributed by atoms with Gasteiger partial charge in [0, 0.05) is 49.1 Å². The van der Waals surface area contributed by atoms with Gasteiger partial charge in [0.1, 0.15) is 66.5 Å². The van der Waals surface area contributed by atoms with E-state index in [1.165, 1.54) is 26.4 Å². The first-order chi connectivity index (χ1) is 46.4. The molecule has 0 aromatic carbocycles. The minimum atomic E-state index is -1.63. The van der Waals surface area contributed by atoms with Crippen molar-refractivity contribution in [3.05, 3.63) is 18.2 Å². The van der Waals surface area contributed by atoms with Crippen molar-refractivity contribution in [3.8, 4) is 0 Å². The molecule has 0 aliphatic heterocycles. The summed E-state index contributed by atoms with van der Waals surface area (Å²) in [5, 5.41) is 47.9. The molecule has 556 valence electrons. The van der Waals surface area contributed by atoms with E-state index in [0.717, 1.165) is 0 Å². The molecule has 0 fully saturated rings. The van der Waals surface area contributed by atoms with Crippen LogP contribution in [0, 0.1) is 17.8 Å². The maximum atomic E-state index is 14.3. The predicted molar refractivity (Wildman–Crippen MR) is 363 cm³/mol. The molecule has 0 bridgehead atoms. The highest BCUT2D eigenvalue weighted by molar-refractivity contribution is 7.80. The van der Waals surface area contributed by atoms with Crippen LogP contribution >= 0.6 is 37.9 Å². The van der Waals surface area contributed by atoms with Crippen LogP contribution < -0.4 is 92.5 Å². The molecule has 0 spiro atoms. The molecule has 0 unspecified atom stereocenters. The molecule has 13 atom stereocenters. The summed E-state index contributed by atoms with van der Waals surface area (Å²) in [7, 11) is 0. The fourth-order valence-electron chi connectivity index (χ4n) is 9.04. The van der Waals surface area contributed by atoms with Crippen molar-refractivity contribution in [2.75, 3.05) is 30.3 Å². The molecule has 0 radical (unpaired) electrons. The minimum absolute atomic E-state index is 0.111. The van der Waals surface area contributed by atoms with Crippen LogP contribution in [0.3, 0.4) is 0 Å². The lowest BCUT2D eigenvalue weighted by Crippen LogP contribution is -2.62. The quantitative estimate of drug-likeness (QED) is 0.0213. The number of nitrogens with two attached hydrogens (primary N) is 5. The summed E-state index contributed by atoms with van der Waals surface area (Å²) >= 11 is 12.3. The van der Waals surface area contributed by atoms with Gasteiger partial charge in [0.25, 0.3) is 0 Å². The highest BCUT2D eigenvalue weighted by atomic mass is 32.1. The summed E-state index contributed by atoms with van der Waals surface area (Å²) in [6.07, 6.45) is -0.136. The second-order valence-corrected chi connectivity index (χ2v) is 24.8. The number of H-pyrrole nitrogens is 1. The number of primary amides is 3. The molecule has 1 rings (SSSR count). The Labute approximate surface area is 587 Å². The van der Waals surface area contributed by atoms with Crippen LogP contribution in [-0.4, -0.2) is 224 Å². The molecule has 0 aliphatic rings. The summed E-state index contributed by atoms with van der Waals surface area (Å²) in [5.74, 6) is -20.6. The van der Waals surface area contributed by atoms with E-state index in [1.54, 1.807) is 27.7 Å². The second-order valence-electron chi connectivity index (χ2n) is 23.8. The van der Waals surface area contributed by atoms with Gasteiger partial charge in [-0.1, -0.05) is 48.0 Å². The van der Waals surface area contributed by atoms with Gasteiger partial charge in [-0.05, 0) is 62.8 Å². The molecule has 15 amide bonds. The standard InChI is InChI=1S/C58H97N19O19S3/c1-7-28(6)46(57(94)70-33(13-16-43(82)83)51(88)74-38(24-99)58(95)96)77-54(91)37(23-98)73-49(86)31(10-8-9-17-59)68-50(87)32(12-15-40(62)79)69-55(92)44(26(2)3)76-56(93)45(27(4)5)75-52(89)34(18-29-20-64-25-66-29)72-53(90)36(22-97)67-42(81)21-65-48(85)35(19-41(63)80)71-47(84)30(60)11-14-39(61)78/h20,25-28,30-38,44-46,97-99H,7-19,21-24,59-60H2,1-6H3,(H2,61,78)(H2,62,79)(H2,63,80)(H,64,66)(H,65,85)(H,67,81)(H,68,87)(H,69,92)(H,70,94)(H,71,84)(H,72,90)(H,73,86)(H,74,88)(H,75,89)(H,76,93)(H,77,91)(H,82,83)(H,95,96)/t28-,30-,31-,32-,33-,34-,35-,36-,37-,38-,44-,45-,46-/m0/s1. The lowest BCUT2D eigenvalue weighted by atomic mass is 9.97. The van der Waals surface area contributed by atoms with E-state index < -0.39 is 235 Å². The van der Waals surface area contributed by atoms with E-state index in [1.807, 2.05) is 0 Å². The molecule has 38 nitrogen and oxygen atoms in total. The number of rotatable bonds is 49. The first-order valence-electron chi connectivity index (χ1n) is 31.6. The van der Waals surface area contributed by atoms with Gasteiger partial charge in [-0.25, -0.2) is 9.78 Å². The Morgan fingerprint density at radius 3 is 1.36 bits per heavy atom. The summed E-state index contributed by atoms with van der Waals surface area (Å²) in [6, 6.07) is -18.0.